The molecule has 1 N–H and O–H groups in total. The average molecular weight is 199 g/mol. The number of ether oxygens (including phenoxy) is 1. The van der Waals surface area contributed by atoms with Gasteiger partial charge in [0, 0.05) is 0 Å². The standard InChI is InChI=1S/C10H17NO3/c1-7(2)4-8(3)14-10-11-9(5-12)6-13-10/h6-8,12H,4-5H2,1-3H3. The van der Waals surface area contributed by atoms with Gasteiger partial charge in [0.25, 0.3) is 0 Å². The summed E-state index contributed by atoms with van der Waals surface area (Å²) in [5, 5.41) is 8.75. The number of hydrogen-bond acceptors (Lipinski definition) is 4. The van der Waals surface area contributed by atoms with E-state index in [1.807, 2.05) is 6.92 Å². The smallest absolute Gasteiger partial charge is 0.394 e. The molecule has 0 aliphatic heterocycles. The predicted molar refractivity (Wildman–Crippen MR) is 52.0 cm³/mol. The van der Waals surface area contributed by atoms with E-state index in [-0.39, 0.29) is 18.8 Å². The van der Waals surface area contributed by atoms with E-state index < -0.39 is 0 Å². The zero-order chi connectivity index (χ0) is 10.6. The zero-order valence-corrected chi connectivity index (χ0v) is 8.86. The first-order valence-corrected chi connectivity index (χ1v) is 4.83. The second-order valence-electron chi connectivity index (χ2n) is 3.82. The summed E-state index contributed by atoms with van der Waals surface area (Å²) in [6.45, 7) is 6.12. The quantitative estimate of drug-likeness (QED) is 0.787. The van der Waals surface area contributed by atoms with Crippen LogP contribution < -0.4 is 4.74 Å². The molecule has 1 aromatic rings. The van der Waals surface area contributed by atoms with Gasteiger partial charge in [-0.15, -0.1) is 0 Å². The molecule has 0 saturated carbocycles. The van der Waals surface area contributed by atoms with Crippen LogP contribution in [0.3, 0.4) is 0 Å². The second-order valence-corrected chi connectivity index (χ2v) is 3.82. The third-order valence-electron chi connectivity index (χ3n) is 1.80. The Morgan fingerprint density at radius 1 is 1.50 bits per heavy atom. The van der Waals surface area contributed by atoms with Crippen molar-refractivity contribution in [2.24, 2.45) is 5.92 Å². The highest BCUT2D eigenvalue weighted by molar-refractivity contribution is 4.98. The van der Waals surface area contributed by atoms with Crippen LogP contribution in [0.25, 0.3) is 0 Å². The molecule has 4 nitrogen and oxygen atoms in total. The minimum atomic E-state index is -0.120. The molecule has 1 atom stereocenters. The monoisotopic (exact) mass is 199 g/mol. The van der Waals surface area contributed by atoms with Crippen LogP contribution >= 0.6 is 0 Å². The van der Waals surface area contributed by atoms with Crippen LogP contribution in [0.5, 0.6) is 6.08 Å². The number of nitrogens with zero attached hydrogens (tertiary/aromatic N) is 1. The summed E-state index contributed by atoms with van der Waals surface area (Å²) in [7, 11) is 0. The lowest BCUT2D eigenvalue weighted by atomic mass is 10.1. The molecule has 0 amide bonds. The van der Waals surface area contributed by atoms with E-state index in [0.717, 1.165) is 6.42 Å². The highest BCUT2D eigenvalue weighted by atomic mass is 16.6. The van der Waals surface area contributed by atoms with Gasteiger partial charge in [-0.1, -0.05) is 13.8 Å². The van der Waals surface area contributed by atoms with Gasteiger partial charge in [-0.2, -0.15) is 4.98 Å². The average Bonchev–Trinajstić information content (AvgIpc) is 2.50. The Morgan fingerprint density at radius 3 is 2.71 bits per heavy atom. The summed E-state index contributed by atoms with van der Waals surface area (Å²) in [4.78, 5) is 3.94. The van der Waals surface area contributed by atoms with Gasteiger partial charge in [0.15, 0.2) is 0 Å². The van der Waals surface area contributed by atoms with Crippen molar-refractivity contribution in [3.63, 3.8) is 0 Å². The molecule has 1 rings (SSSR count). The fourth-order valence-electron chi connectivity index (χ4n) is 1.30. The van der Waals surface area contributed by atoms with Crippen molar-refractivity contribution < 1.29 is 14.3 Å². The lowest BCUT2D eigenvalue weighted by Crippen LogP contribution is -2.14. The summed E-state index contributed by atoms with van der Waals surface area (Å²) in [6, 6.07) is 0. The maximum absolute atomic E-state index is 8.75. The molecule has 0 radical (unpaired) electrons. The van der Waals surface area contributed by atoms with E-state index in [1.54, 1.807) is 0 Å². The molecule has 0 aliphatic rings. The van der Waals surface area contributed by atoms with Crippen LogP contribution in [-0.4, -0.2) is 16.2 Å². The van der Waals surface area contributed by atoms with Crippen LogP contribution in [-0.2, 0) is 6.61 Å². The topological polar surface area (TPSA) is 55.5 Å². The Labute approximate surface area is 83.9 Å². The molecule has 0 spiro atoms. The number of hydrogen-bond donors (Lipinski definition) is 1. The third-order valence-corrected chi connectivity index (χ3v) is 1.80. The summed E-state index contributed by atoms with van der Waals surface area (Å²) >= 11 is 0. The van der Waals surface area contributed by atoms with E-state index >= 15 is 0 Å². The molecule has 0 aliphatic carbocycles. The molecule has 0 saturated heterocycles. The van der Waals surface area contributed by atoms with Crippen LogP contribution in [0.2, 0.25) is 0 Å². The van der Waals surface area contributed by atoms with Crippen LogP contribution in [0, 0.1) is 5.92 Å². The van der Waals surface area contributed by atoms with E-state index in [2.05, 4.69) is 18.8 Å². The van der Waals surface area contributed by atoms with Gasteiger partial charge in [0.2, 0.25) is 0 Å². The Hall–Kier alpha value is -1.03. The zero-order valence-electron chi connectivity index (χ0n) is 8.86. The molecule has 1 unspecified atom stereocenters. The maximum atomic E-state index is 8.75. The number of oxazole rings is 1. The molecular weight excluding hydrogens is 182 g/mol. The molecule has 80 valence electrons. The number of aliphatic hydroxyl groups excluding tert-OH is 1. The van der Waals surface area contributed by atoms with Crippen molar-refractivity contribution in [3.05, 3.63) is 12.0 Å². The summed E-state index contributed by atoms with van der Waals surface area (Å²) in [6.07, 6.45) is 2.68. The van der Waals surface area contributed by atoms with Crippen LogP contribution in [0.4, 0.5) is 0 Å². The summed E-state index contributed by atoms with van der Waals surface area (Å²) in [5.74, 6) is 0.581. The van der Waals surface area contributed by atoms with Crippen LogP contribution in [0.1, 0.15) is 32.9 Å². The molecular formula is C10H17NO3. The number of aromatic nitrogens is 1. The van der Waals surface area contributed by atoms with Gasteiger partial charge in [-0.25, -0.2) is 0 Å². The molecule has 0 fully saturated rings. The van der Waals surface area contributed by atoms with Crippen LogP contribution in [0.15, 0.2) is 10.7 Å². The van der Waals surface area contributed by atoms with Crippen molar-refractivity contribution in [3.8, 4) is 6.08 Å². The number of rotatable bonds is 5. The molecule has 0 aromatic carbocycles. The van der Waals surface area contributed by atoms with Gasteiger partial charge in [0.05, 0.1) is 6.61 Å². The van der Waals surface area contributed by atoms with Gasteiger partial charge in [-0.05, 0) is 19.3 Å². The normalized spacial score (nSPS) is 13.2. The van der Waals surface area contributed by atoms with Crippen molar-refractivity contribution in [2.45, 2.75) is 39.9 Å². The van der Waals surface area contributed by atoms with Gasteiger partial charge in [-0.3, -0.25) is 0 Å². The van der Waals surface area contributed by atoms with E-state index in [4.69, 9.17) is 14.3 Å². The van der Waals surface area contributed by atoms with Gasteiger partial charge in [0.1, 0.15) is 18.1 Å². The molecule has 1 heterocycles. The van der Waals surface area contributed by atoms with Gasteiger partial charge < -0.3 is 14.3 Å². The van der Waals surface area contributed by atoms with E-state index in [0.29, 0.717) is 11.6 Å². The largest absolute Gasteiger partial charge is 0.447 e. The van der Waals surface area contributed by atoms with Crippen molar-refractivity contribution in [1.29, 1.82) is 0 Å². The Kier molecular flexibility index (Phi) is 3.95. The second kappa shape index (κ2) is 5.00. The SMILES string of the molecule is CC(C)CC(C)Oc1nc(CO)co1. The maximum Gasteiger partial charge on any atom is 0.394 e. The summed E-state index contributed by atoms with van der Waals surface area (Å²) < 4.78 is 10.4. The number of aliphatic hydroxyl groups is 1. The Bertz CT molecular complexity index is 270. The van der Waals surface area contributed by atoms with Crippen molar-refractivity contribution in [1.82, 2.24) is 4.98 Å². The van der Waals surface area contributed by atoms with Crippen molar-refractivity contribution in [2.75, 3.05) is 0 Å². The highest BCUT2D eigenvalue weighted by Gasteiger charge is 2.10. The lowest BCUT2D eigenvalue weighted by molar-refractivity contribution is 0.142. The summed E-state index contributed by atoms with van der Waals surface area (Å²) in [5.41, 5.74) is 0.497. The molecule has 1 aromatic heterocycles. The minimum Gasteiger partial charge on any atom is -0.447 e. The van der Waals surface area contributed by atoms with Crippen molar-refractivity contribution >= 4 is 0 Å². The first-order chi connectivity index (χ1) is 6.61. The minimum absolute atomic E-state index is 0.0835. The molecule has 14 heavy (non-hydrogen) atoms. The van der Waals surface area contributed by atoms with Gasteiger partial charge >= 0.3 is 6.08 Å². The Balaban J connectivity index is 2.43. The lowest BCUT2D eigenvalue weighted by Gasteiger charge is -2.12. The van der Waals surface area contributed by atoms with E-state index in [1.165, 1.54) is 6.26 Å². The molecule has 0 bridgehead atoms. The highest BCUT2D eigenvalue weighted by Crippen LogP contribution is 2.15. The predicted octanol–water partition coefficient (Wildman–Crippen LogP) is 1.98. The fourth-order valence-corrected chi connectivity index (χ4v) is 1.30. The fraction of sp³-hybridized carbons (Fsp3) is 0.700. The Morgan fingerprint density at radius 2 is 2.21 bits per heavy atom. The first-order valence-electron chi connectivity index (χ1n) is 4.83. The molecule has 4 heteroatoms. The third kappa shape index (κ3) is 3.38. The first kappa shape index (κ1) is 11.0. The van der Waals surface area contributed by atoms with E-state index in [9.17, 15) is 0 Å².